The second kappa shape index (κ2) is 11.5. The summed E-state index contributed by atoms with van der Waals surface area (Å²) in [6, 6.07) is 10.5. The number of carbonyl (C=O) groups excluding carboxylic acids is 2. The normalized spacial score (nSPS) is 11.4. The summed E-state index contributed by atoms with van der Waals surface area (Å²) in [4.78, 5) is 24.7. The average molecular weight is 439 g/mol. The molecule has 0 unspecified atom stereocenters. The molecule has 0 N–H and O–H groups in total. The Kier molecular flexibility index (Phi) is 9.06. The molecule has 0 aromatic heterocycles. The van der Waals surface area contributed by atoms with E-state index in [0.717, 1.165) is 29.7 Å². The van der Waals surface area contributed by atoms with Crippen LogP contribution in [0.3, 0.4) is 0 Å². The third kappa shape index (κ3) is 6.98. The summed E-state index contributed by atoms with van der Waals surface area (Å²) in [5.41, 5.74) is 1.84. The molecule has 172 valence electrons. The first-order valence-corrected chi connectivity index (χ1v) is 11.2. The molecule has 5 heteroatoms. The molecule has 0 radical (unpaired) electrons. The fourth-order valence-corrected chi connectivity index (χ4v) is 3.00. The Morgan fingerprint density at radius 2 is 1.53 bits per heavy atom. The molecular weight excluding hydrogens is 404 g/mol. The summed E-state index contributed by atoms with van der Waals surface area (Å²) in [7, 11) is 0. The second-order valence-corrected chi connectivity index (χ2v) is 8.48. The Labute approximate surface area is 191 Å². The number of aryl methyl sites for hydroxylation is 1. The van der Waals surface area contributed by atoms with Crippen molar-refractivity contribution in [1.29, 1.82) is 0 Å². The molecular formula is C27H34O5. The number of hydrogen-bond acceptors (Lipinski definition) is 5. The minimum atomic E-state index is -0.593. The van der Waals surface area contributed by atoms with Crippen molar-refractivity contribution in [2.75, 3.05) is 13.2 Å². The minimum absolute atomic E-state index is 0.146. The van der Waals surface area contributed by atoms with Gasteiger partial charge < -0.3 is 14.2 Å². The molecule has 5 nitrogen and oxygen atoms in total. The number of benzene rings is 2. The number of carbonyl (C=O) groups is 2. The number of hydrogen-bond donors (Lipinski definition) is 0. The predicted octanol–water partition coefficient (Wildman–Crippen LogP) is 6.28. The van der Waals surface area contributed by atoms with E-state index in [1.807, 2.05) is 26.0 Å². The monoisotopic (exact) mass is 438 g/mol. The zero-order valence-corrected chi connectivity index (χ0v) is 20.0. The van der Waals surface area contributed by atoms with E-state index < -0.39 is 5.41 Å². The zero-order valence-electron chi connectivity index (χ0n) is 20.0. The second-order valence-electron chi connectivity index (χ2n) is 8.48. The van der Waals surface area contributed by atoms with Crippen molar-refractivity contribution in [2.24, 2.45) is 5.41 Å². The number of ketones is 1. The number of rotatable bonds is 10. The van der Waals surface area contributed by atoms with Gasteiger partial charge in [0.05, 0.1) is 18.6 Å². The Balaban J connectivity index is 2.23. The molecule has 0 amide bonds. The van der Waals surface area contributed by atoms with E-state index in [2.05, 4.69) is 6.92 Å². The summed E-state index contributed by atoms with van der Waals surface area (Å²) in [5.74, 6) is 1.45. The molecule has 0 aliphatic heterocycles. The van der Waals surface area contributed by atoms with Gasteiger partial charge in [-0.25, -0.2) is 0 Å². The van der Waals surface area contributed by atoms with Crippen molar-refractivity contribution < 1.29 is 23.8 Å². The maximum absolute atomic E-state index is 12.7. The van der Waals surface area contributed by atoms with Crippen LogP contribution in [0.25, 0.3) is 6.08 Å². The van der Waals surface area contributed by atoms with Crippen molar-refractivity contribution in [3.63, 3.8) is 0 Å². The first-order chi connectivity index (χ1) is 15.2. The lowest BCUT2D eigenvalue weighted by Crippen LogP contribution is -2.25. The van der Waals surface area contributed by atoms with E-state index in [1.54, 1.807) is 51.1 Å². The standard InChI is InChI=1S/C27H34O5/c1-7-10-20-17-21(25(31-9-3)18-24(20)30-8-2)13-16-23(28)19-11-14-22(15-12-19)32-26(29)27(4,5)6/h11-18H,7-10H2,1-6H3. The molecule has 0 heterocycles. The molecule has 0 bridgehead atoms. The molecule has 2 aromatic carbocycles. The average Bonchev–Trinajstić information content (AvgIpc) is 2.74. The largest absolute Gasteiger partial charge is 0.493 e. The first kappa shape index (κ1) is 25.2. The van der Waals surface area contributed by atoms with Crippen molar-refractivity contribution in [3.8, 4) is 17.2 Å². The fourth-order valence-electron chi connectivity index (χ4n) is 3.00. The maximum atomic E-state index is 12.7. The lowest BCUT2D eigenvalue weighted by atomic mass is 9.97. The van der Waals surface area contributed by atoms with E-state index in [0.29, 0.717) is 30.3 Å². The van der Waals surface area contributed by atoms with E-state index in [-0.39, 0.29) is 11.8 Å². The van der Waals surface area contributed by atoms with Crippen LogP contribution >= 0.6 is 0 Å². The smallest absolute Gasteiger partial charge is 0.316 e. The van der Waals surface area contributed by atoms with Crippen LogP contribution < -0.4 is 14.2 Å². The Morgan fingerprint density at radius 1 is 0.906 bits per heavy atom. The van der Waals surface area contributed by atoms with Gasteiger partial charge in [-0.15, -0.1) is 0 Å². The minimum Gasteiger partial charge on any atom is -0.493 e. The number of esters is 1. The highest BCUT2D eigenvalue weighted by Crippen LogP contribution is 2.31. The molecule has 0 atom stereocenters. The number of allylic oxidation sites excluding steroid dienone is 1. The quantitative estimate of drug-likeness (QED) is 0.189. The van der Waals surface area contributed by atoms with Crippen LogP contribution in [0.2, 0.25) is 0 Å². The van der Waals surface area contributed by atoms with Gasteiger partial charge in [0.15, 0.2) is 5.78 Å². The Hall–Kier alpha value is -3.08. The van der Waals surface area contributed by atoms with Crippen LogP contribution in [0.1, 0.15) is 69.4 Å². The maximum Gasteiger partial charge on any atom is 0.316 e. The molecule has 2 rings (SSSR count). The van der Waals surface area contributed by atoms with Crippen molar-refractivity contribution in [3.05, 3.63) is 59.2 Å². The van der Waals surface area contributed by atoms with Gasteiger partial charge >= 0.3 is 5.97 Å². The molecule has 0 aliphatic carbocycles. The van der Waals surface area contributed by atoms with Gasteiger partial charge in [-0.05, 0) is 89.1 Å². The van der Waals surface area contributed by atoms with Gasteiger partial charge in [0, 0.05) is 17.2 Å². The lowest BCUT2D eigenvalue weighted by Gasteiger charge is -2.16. The highest BCUT2D eigenvalue weighted by molar-refractivity contribution is 6.07. The summed E-state index contributed by atoms with van der Waals surface area (Å²) < 4.78 is 16.9. The van der Waals surface area contributed by atoms with Crippen molar-refractivity contribution in [2.45, 2.75) is 54.4 Å². The molecule has 0 saturated heterocycles. The van der Waals surface area contributed by atoms with Gasteiger partial charge in [-0.1, -0.05) is 13.3 Å². The Bertz CT molecular complexity index is 949. The summed E-state index contributed by atoms with van der Waals surface area (Å²) >= 11 is 0. The third-order valence-electron chi connectivity index (χ3n) is 4.69. The molecule has 2 aromatic rings. The molecule has 0 aliphatic rings. The van der Waals surface area contributed by atoms with Gasteiger partial charge in [-0.3, -0.25) is 9.59 Å². The molecule has 0 spiro atoms. The highest BCUT2D eigenvalue weighted by Gasteiger charge is 2.23. The number of ether oxygens (including phenoxy) is 3. The predicted molar refractivity (Wildman–Crippen MR) is 128 cm³/mol. The van der Waals surface area contributed by atoms with Gasteiger partial charge in [0.25, 0.3) is 0 Å². The zero-order chi connectivity index (χ0) is 23.7. The van der Waals surface area contributed by atoms with Crippen molar-refractivity contribution >= 4 is 17.8 Å². The van der Waals surface area contributed by atoms with E-state index in [9.17, 15) is 9.59 Å². The van der Waals surface area contributed by atoms with Crippen LogP contribution in [0.15, 0.2) is 42.5 Å². The lowest BCUT2D eigenvalue weighted by molar-refractivity contribution is -0.143. The van der Waals surface area contributed by atoms with E-state index in [1.165, 1.54) is 6.08 Å². The van der Waals surface area contributed by atoms with Crippen LogP contribution in [0.5, 0.6) is 17.2 Å². The summed E-state index contributed by atoms with van der Waals surface area (Å²) in [6.07, 6.45) is 5.17. The van der Waals surface area contributed by atoms with E-state index in [4.69, 9.17) is 14.2 Å². The SMILES string of the molecule is CCCc1cc(C=CC(=O)c2ccc(OC(=O)C(C)(C)C)cc2)c(OCC)cc1OCC. The van der Waals surface area contributed by atoms with Crippen LogP contribution in [0, 0.1) is 5.41 Å². The van der Waals surface area contributed by atoms with Crippen LogP contribution in [-0.4, -0.2) is 25.0 Å². The molecule has 32 heavy (non-hydrogen) atoms. The van der Waals surface area contributed by atoms with Gasteiger partial charge in [0.1, 0.15) is 17.2 Å². The fraction of sp³-hybridized carbons (Fsp3) is 0.407. The molecule has 0 saturated carbocycles. The van der Waals surface area contributed by atoms with Gasteiger partial charge in [0.2, 0.25) is 0 Å². The summed E-state index contributed by atoms with van der Waals surface area (Å²) in [6.45, 7) is 12.5. The summed E-state index contributed by atoms with van der Waals surface area (Å²) in [5, 5.41) is 0. The van der Waals surface area contributed by atoms with Crippen LogP contribution in [0.4, 0.5) is 0 Å². The van der Waals surface area contributed by atoms with Crippen LogP contribution in [-0.2, 0) is 11.2 Å². The van der Waals surface area contributed by atoms with Crippen molar-refractivity contribution in [1.82, 2.24) is 0 Å². The van der Waals surface area contributed by atoms with E-state index >= 15 is 0 Å². The highest BCUT2D eigenvalue weighted by atomic mass is 16.5. The Morgan fingerprint density at radius 3 is 2.09 bits per heavy atom. The van der Waals surface area contributed by atoms with Gasteiger partial charge in [-0.2, -0.15) is 0 Å². The topological polar surface area (TPSA) is 61.8 Å². The first-order valence-electron chi connectivity index (χ1n) is 11.2. The molecule has 0 fully saturated rings. The third-order valence-corrected chi connectivity index (χ3v) is 4.69.